The van der Waals surface area contributed by atoms with E-state index in [4.69, 9.17) is 0 Å². The molecule has 0 radical (unpaired) electrons. The second-order valence-electron chi connectivity index (χ2n) is 5.96. The zero-order valence-corrected chi connectivity index (χ0v) is 12.5. The molecule has 1 saturated heterocycles. The summed E-state index contributed by atoms with van der Waals surface area (Å²) in [4.78, 5) is 2.32. The first-order valence-corrected chi connectivity index (χ1v) is 7.51. The van der Waals surface area contributed by atoms with Gasteiger partial charge in [-0.3, -0.25) is 0 Å². The van der Waals surface area contributed by atoms with Gasteiger partial charge < -0.3 is 10.0 Å². The number of anilines is 1. The fourth-order valence-corrected chi connectivity index (χ4v) is 3.47. The van der Waals surface area contributed by atoms with E-state index in [-0.39, 0.29) is 12.1 Å². The van der Waals surface area contributed by atoms with Crippen molar-refractivity contribution in [2.75, 3.05) is 4.90 Å². The van der Waals surface area contributed by atoms with Crippen molar-refractivity contribution < 1.29 is 5.11 Å². The third-order valence-corrected chi connectivity index (χ3v) is 4.55. The SMILES string of the molecule is CC1CC[C@H]([C@@H](C)O)N1c1ccc2c(C#N)cccc2c1. The third kappa shape index (κ3) is 2.36. The van der Waals surface area contributed by atoms with Crippen LogP contribution in [0.15, 0.2) is 36.4 Å². The van der Waals surface area contributed by atoms with Gasteiger partial charge in [-0.05, 0) is 55.7 Å². The van der Waals surface area contributed by atoms with Gasteiger partial charge in [-0.1, -0.05) is 18.2 Å². The molecule has 1 aliphatic rings. The topological polar surface area (TPSA) is 47.3 Å². The van der Waals surface area contributed by atoms with Crippen molar-refractivity contribution in [3.05, 3.63) is 42.0 Å². The Labute approximate surface area is 125 Å². The average molecular weight is 280 g/mol. The summed E-state index contributed by atoms with van der Waals surface area (Å²) in [6, 6.07) is 14.9. The van der Waals surface area contributed by atoms with Gasteiger partial charge >= 0.3 is 0 Å². The van der Waals surface area contributed by atoms with E-state index in [1.165, 1.54) is 0 Å². The van der Waals surface area contributed by atoms with Crippen LogP contribution in [0.5, 0.6) is 0 Å². The number of benzene rings is 2. The van der Waals surface area contributed by atoms with Gasteiger partial charge in [0.2, 0.25) is 0 Å². The van der Waals surface area contributed by atoms with Crippen molar-refractivity contribution in [2.45, 2.75) is 44.9 Å². The summed E-state index contributed by atoms with van der Waals surface area (Å²) >= 11 is 0. The zero-order valence-electron chi connectivity index (χ0n) is 12.5. The second-order valence-corrected chi connectivity index (χ2v) is 5.96. The number of rotatable bonds is 2. The van der Waals surface area contributed by atoms with Crippen LogP contribution < -0.4 is 4.90 Å². The van der Waals surface area contributed by atoms with Gasteiger partial charge in [-0.25, -0.2) is 0 Å². The van der Waals surface area contributed by atoms with Crippen LogP contribution in [0, 0.1) is 11.3 Å². The van der Waals surface area contributed by atoms with E-state index in [0.29, 0.717) is 11.6 Å². The Kier molecular flexibility index (Phi) is 3.57. The Balaban J connectivity index is 2.07. The number of hydrogen-bond donors (Lipinski definition) is 1. The minimum Gasteiger partial charge on any atom is -0.391 e. The van der Waals surface area contributed by atoms with Crippen molar-refractivity contribution in [3.8, 4) is 6.07 Å². The quantitative estimate of drug-likeness (QED) is 0.916. The molecular formula is C18H20N2O. The number of hydrogen-bond acceptors (Lipinski definition) is 3. The fourth-order valence-electron chi connectivity index (χ4n) is 3.47. The molecule has 1 fully saturated rings. The molecule has 3 atom stereocenters. The number of nitrogens with zero attached hydrogens (tertiary/aromatic N) is 2. The van der Waals surface area contributed by atoms with Crippen molar-refractivity contribution in [1.82, 2.24) is 0 Å². The number of nitriles is 1. The normalized spacial score (nSPS) is 23.2. The van der Waals surface area contributed by atoms with Crippen LogP contribution in [-0.4, -0.2) is 23.3 Å². The molecule has 1 unspecified atom stereocenters. The summed E-state index contributed by atoms with van der Waals surface area (Å²) in [6.45, 7) is 4.07. The average Bonchev–Trinajstić information content (AvgIpc) is 2.88. The summed E-state index contributed by atoms with van der Waals surface area (Å²) in [7, 11) is 0. The predicted molar refractivity (Wildman–Crippen MR) is 85.3 cm³/mol. The molecule has 0 spiro atoms. The van der Waals surface area contributed by atoms with Crippen molar-refractivity contribution >= 4 is 16.5 Å². The molecule has 3 nitrogen and oxygen atoms in total. The van der Waals surface area contributed by atoms with Crippen molar-refractivity contribution in [2.24, 2.45) is 0 Å². The van der Waals surface area contributed by atoms with E-state index < -0.39 is 0 Å². The van der Waals surface area contributed by atoms with E-state index in [1.54, 1.807) is 0 Å². The minimum atomic E-state index is -0.337. The lowest BCUT2D eigenvalue weighted by Gasteiger charge is -2.32. The third-order valence-electron chi connectivity index (χ3n) is 4.55. The van der Waals surface area contributed by atoms with Crippen molar-refractivity contribution in [3.63, 3.8) is 0 Å². The van der Waals surface area contributed by atoms with E-state index >= 15 is 0 Å². The van der Waals surface area contributed by atoms with Gasteiger partial charge in [-0.15, -0.1) is 0 Å². The largest absolute Gasteiger partial charge is 0.391 e. The summed E-state index contributed by atoms with van der Waals surface area (Å²) in [5, 5.41) is 21.3. The summed E-state index contributed by atoms with van der Waals surface area (Å²) < 4.78 is 0. The van der Waals surface area contributed by atoms with Crippen LogP contribution in [0.3, 0.4) is 0 Å². The molecule has 0 saturated carbocycles. The first-order chi connectivity index (χ1) is 10.1. The maximum atomic E-state index is 10.0. The minimum absolute atomic E-state index is 0.177. The lowest BCUT2D eigenvalue weighted by molar-refractivity contribution is 0.163. The molecule has 2 aromatic rings. The highest BCUT2D eigenvalue weighted by Crippen LogP contribution is 2.34. The van der Waals surface area contributed by atoms with Gasteiger partial charge in [0.15, 0.2) is 0 Å². The standard InChI is InChI=1S/C18H20N2O/c1-12-6-9-18(13(2)21)20(12)16-7-8-17-14(10-16)4-3-5-15(17)11-19/h3-5,7-8,10,12-13,18,21H,6,9H2,1-2H3/t12?,13-,18-/m1/s1. The van der Waals surface area contributed by atoms with Crippen molar-refractivity contribution in [1.29, 1.82) is 5.26 Å². The Morgan fingerprint density at radius 2 is 2.10 bits per heavy atom. The molecule has 108 valence electrons. The number of aliphatic hydroxyl groups excluding tert-OH is 1. The highest BCUT2D eigenvalue weighted by Gasteiger charge is 2.33. The van der Waals surface area contributed by atoms with Crippen LogP contribution in [0.4, 0.5) is 5.69 Å². The lowest BCUT2D eigenvalue weighted by atomic mass is 10.0. The Bertz CT molecular complexity index is 702. The smallest absolute Gasteiger partial charge is 0.0998 e. The van der Waals surface area contributed by atoms with E-state index in [2.05, 4.69) is 30.0 Å². The van der Waals surface area contributed by atoms with Crippen LogP contribution in [0.25, 0.3) is 10.8 Å². The maximum absolute atomic E-state index is 10.0. The van der Waals surface area contributed by atoms with E-state index in [0.717, 1.165) is 29.3 Å². The molecular weight excluding hydrogens is 260 g/mol. The van der Waals surface area contributed by atoms with Gasteiger partial charge in [0.1, 0.15) is 0 Å². The molecule has 0 aromatic heterocycles. The van der Waals surface area contributed by atoms with Gasteiger partial charge in [0, 0.05) is 11.7 Å². The zero-order chi connectivity index (χ0) is 15.0. The van der Waals surface area contributed by atoms with Gasteiger partial charge in [0.05, 0.1) is 23.8 Å². The molecule has 1 N–H and O–H groups in total. The summed E-state index contributed by atoms with van der Waals surface area (Å²) in [5.41, 5.74) is 1.84. The van der Waals surface area contributed by atoms with E-state index in [1.807, 2.05) is 31.2 Å². The Morgan fingerprint density at radius 1 is 1.29 bits per heavy atom. The monoisotopic (exact) mass is 280 g/mol. The Hall–Kier alpha value is -2.05. The van der Waals surface area contributed by atoms with Crippen LogP contribution >= 0.6 is 0 Å². The highest BCUT2D eigenvalue weighted by atomic mass is 16.3. The molecule has 2 aromatic carbocycles. The number of aliphatic hydroxyl groups is 1. The number of fused-ring (bicyclic) bond motifs is 1. The van der Waals surface area contributed by atoms with Crippen LogP contribution in [0.2, 0.25) is 0 Å². The second kappa shape index (κ2) is 5.38. The molecule has 1 aliphatic heterocycles. The van der Waals surface area contributed by atoms with E-state index in [9.17, 15) is 10.4 Å². The first kappa shape index (κ1) is 13.9. The fraction of sp³-hybridized carbons (Fsp3) is 0.389. The van der Waals surface area contributed by atoms with Gasteiger partial charge in [0.25, 0.3) is 0 Å². The lowest BCUT2D eigenvalue weighted by Crippen LogP contribution is -2.40. The van der Waals surface area contributed by atoms with Crippen LogP contribution in [0.1, 0.15) is 32.3 Å². The molecule has 0 bridgehead atoms. The molecule has 21 heavy (non-hydrogen) atoms. The highest BCUT2D eigenvalue weighted by molar-refractivity contribution is 5.90. The maximum Gasteiger partial charge on any atom is 0.0998 e. The molecule has 0 aliphatic carbocycles. The molecule has 1 heterocycles. The molecule has 3 heteroatoms. The van der Waals surface area contributed by atoms with Crippen LogP contribution in [-0.2, 0) is 0 Å². The van der Waals surface area contributed by atoms with Gasteiger partial charge in [-0.2, -0.15) is 5.26 Å². The first-order valence-electron chi connectivity index (χ1n) is 7.51. The summed E-state index contributed by atoms with van der Waals surface area (Å²) in [6.07, 6.45) is 1.79. The summed E-state index contributed by atoms with van der Waals surface area (Å²) in [5.74, 6) is 0. The molecule has 0 amide bonds. The Morgan fingerprint density at radius 3 is 2.81 bits per heavy atom. The molecule has 3 rings (SSSR count). The predicted octanol–water partition coefficient (Wildman–Crippen LogP) is 3.45.